The van der Waals surface area contributed by atoms with E-state index in [0.717, 1.165) is 18.2 Å². The lowest BCUT2D eigenvalue weighted by atomic mass is 10.2. The molecule has 0 N–H and O–H groups in total. The highest BCUT2D eigenvalue weighted by molar-refractivity contribution is 5.59. The molecule has 0 saturated carbocycles. The van der Waals surface area contributed by atoms with Gasteiger partial charge < -0.3 is 9.15 Å². The number of halogens is 3. The molecule has 0 aliphatic heterocycles. The molecule has 0 radical (unpaired) electrons. The van der Waals surface area contributed by atoms with Crippen LogP contribution in [0.15, 0.2) is 46.0 Å². The molecule has 1 aromatic carbocycles. The average Bonchev–Trinajstić information content (AvgIpc) is 2.89. The van der Waals surface area contributed by atoms with Crippen LogP contribution in [0.4, 0.5) is 18.9 Å². The van der Waals surface area contributed by atoms with Gasteiger partial charge >= 0.3 is 6.18 Å². The van der Waals surface area contributed by atoms with Gasteiger partial charge in [0.25, 0.3) is 0 Å². The van der Waals surface area contributed by atoms with Crippen molar-refractivity contribution in [2.45, 2.75) is 12.8 Å². The van der Waals surface area contributed by atoms with Crippen molar-refractivity contribution < 1.29 is 27.1 Å². The molecule has 0 unspecified atom stereocenters. The first-order valence-electron chi connectivity index (χ1n) is 5.45. The molecule has 0 aliphatic carbocycles. The minimum absolute atomic E-state index is 0.0136. The lowest BCUT2D eigenvalue weighted by Gasteiger charge is -2.10. The topological polar surface area (TPSA) is 51.8 Å². The van der Waals surface area contributed by atoms with Crippen molar-refractivity contribution in [2.75, 3.05) is 0 Å². The minimum Gasteiger partial charge on any atom is -0.483 e. The van der Waals surface area contributed by atoms with E-state index in [1.165, 1.54) is 12.3 Å². The first kappa shape index (κ1) is 13.9. The summed E-state index contributed by atoms with van der Waals surface area (Å²) in [6, 6.07) is 5.97. The molecule has 2 aromatic rings. The molecule has 7 heteroatoms. The first-order valence-corrected chi connectivity index (χ1v) is 5.45. The average molecular weight is 283 g/mol. The third kappa shape index (κ3) is 3.27. The van der Waals surface area contributed by atoms with Gasteiger partial charge in [0.2, 0.25) is 6.08 Å². The van der Waals surface area contributed by atoms with Gasteiger partial charge in [0.05, 0.1) is 11.8 Å². The Bertz CT molecular complexity index is 629. The van der Waals surface area contributed by atoms with E-state index in [1.54, 1.807) is 12.1 Å². The summed E-state index contributed by atoms with van der Waals surface area (Å²) in [5, 5.41) is 0. The number of benzene rings is 1. The highest BCUT2D eigenvalue weighted by atomic mass is 19.4. The van der Waals surface area contributed by atoms with Crippen LogP contribution >= 0.6 is 0 Å². The Morgan fingerprint density at radius 2 is 2.10 bits per heavy atom. The summed E-state index contributed by atoms with van der Waals surface area (Å²) in [4.78, 5) is 13.5. The molecule has 1 heterocycles. The summed E-state index contributed by atoms with van der Waals surface area (Å²) in [6.45, 7) is 0.0136. The predicted octanol–water partition coefficient (Wildman–Crippen LogP) is 3.84. The Kier molecular flexibility index (Phi) is 3.91. The van der Waals surface area contributed by atoms with E-state index < -0.39 is 11.7 Å². The van der Waals surface area contributed by atoms with Crippen molar-refractivity contribution in [3.63, 3.8) is 0 Å². The number of isocyanates is 1. The second-order valence-corrected chi connectivity index (χ2v) is 3.75. The Hall–Kier alpha value is -2.53. The Labute approximate surface area is 111 Å². The summed E-state index contributed by atoms with van der Waals surface area (Å²) in [5.74, 6) is 0.531. The molecule has 0 amide bonds. The molecular weight excluding hydrogens is 275 g/mol. The Balaban J connectivity index is 2.25. The van der Waals surface area contributed by atoms with Crippen LogP contribution in [0.1, 0.15) is 11.3 Å². The maximum Gasteiger partial charge on any atom is 0.416 e. The van der Waals surface area contributed by atoms with Crippen LogP contribution in [0.2, 0.25) is 0 Å². The zero-order chi connectivity index (χ0) is 14.6. The summed E-state index contributed by atoms with van der Waals surface area (Å²) in [5.41, 5.74) is -1.15. The van der Waals surface area contributed by atoms with Crippen molar-refractivity contribution in [1.82, 2.24) is 0 Å². The summed E-state index contributed by atoms with van der Waals surface area (Å²) in [7, 11) is 0. The van der Waals surface area contributed by atoms with Gasteiger partial charge in [-0.2, -0.15) is 18.2 Å². The van der Waals surface area contributed by atoms with Crippen LogP contribution in [0.25, 0.3) is 0 Å². The normalized spacial score (nSPS) is 10.9. The molecule has 1 aromatic heterocycles. The first-order chi connectivity index (χ1) is 9.50. The molecule has 0 spiro atoms. The monoisotopic (exact) mass is 283 g/mol. The number of hydrogen-bond donors (Lipinski definition) is 0. The maximum atomic E-state index is 12.6. The summed E-state index contributed by atoms with van der Waals surface area (Å²) < 4.78 is 47.9. The van der Waals surface area contributed by atoms with Gasteiger partial charge in [-0.1, -0.05) is 0 Å². The molecule has 104 valence electrons. The zero-order valence-electron chi connectivity index (χ0n) is 9.98. The number of nitrogens with zero attached hydrogens (tertiary/aromatic N) is 1. The molecular formula is C13H8F3NO3. The lowest BCUT2D eigenvalue weighted by Crippen LogP contribution is -2.04. The quantitative estimate of drug-likeness (QED) is 0.632. The summed E-state index contributed by atoms with van der Waals surface area (Å²) >= 11 is 0. The fourth-order valence-corrected chi connectivity index (χ4v) is 1.50. The third-order valence-corrected chi connectivity index (χ3v) is 2.40. The van der Waals surface area contributed by atoms with Crippen molar-refractivity contribution in [3.05, 3.63) is 47.9 Å². The van der Waals surface area contributed by atoms with Crippen molar-refractivity contribution >= 4 is 11.8 Å². The van der Waals surface area contributed by atoms with Crippen LogP contribution in [0.5, 0.6) is 5.75 Å². The standard InChI is InChI=1S/C13H8F3NO3/c14-13(15,16)9-3-4-12(11(6-9)17-8-18)20-7-10-2-1-5-19-10/h1-6H,7H2. The lowest BCUT2D eigenvalue weighted by molar-refractivity contribution is -0.137. The molecule has 0 aliphatic rings. The van der Waals surface area contributed by atoms with E-state index in [2.05, 4.69) is 4.99 Å². The highest BCUT2D eigenvalue weighted by Crippen LogP contribution is 2.36. The molecule has 0 bridgehead atoms. The highest BCUT2D eigenvalue weighted by Gasteiger charge is 2.31. The zero-order valence-corrected chi connectivity index (χ0v) is 9.98. The molecule has 20 heavy (non-hydrogen) atoms. The number of rotatable bonds is 4. The minimum atomic E-state index is -4.52. The molecule has 0 fully saturated rings. The van der Waals surface area contributed by atoms with Crippen molar-refractivity contribution in [2.24, 2.45) is 4.99 Å². The van der Waals surface area contributed by atoms with Gasteiger partial charge in [0.1, 0.15) is 23.8 Å². The van der Waals surface area contributed by atoms with E-state index in [-0.39, 0.29) is 18.0 Å². The molecule has 0 saturated heterocycles. The number of aliphatic imine (C=N–C) groups is 1. The van der Waals surface area contributed by atoms with Crippen LogP contribution in [0.3, 0.4) is 0 Å². The number of carbonyl (C=O) groups excluding carboxylic acids is 1. The van der Waals surface area contributed by atoms with Gasteiger partial charge in [0, 0.05) is 0 Å². The number of hydrogen-bond acceptors (Lipinski definition) is 4. The fourth-order valence-electron chi connectivity index (χ4n) is 1.50. The van der Waals surface area contributed by atoms with E-state index in [0.29, 0.717) is 5.76 Å². The molecule has 4 nitrogen and oxygen atoms in total. The Morgan fingerprint density at radius 1 is 1.30 bits per heavy atom. The number of ether oxygens (including phenoxy) is 1. The third-order valence-electron chi connectivity index (χ3n) is 2.40. The van der Waals surface area contributed by atoms with E-state index in [1.807, 2.05) is 0 Å². The van der Waals surface area contributed by atoms with Crippen LogP contribution < -0.4 is 4.74 Å². The second-order valence-electron chi connectivity index (χ2n) is 3.75. The van der Waals surface area contributed by atoms with Crippen molar-refractivity contribution in [1.29, 1.82) is 0 Å². The summed E-state index contributed by atoms with van der Waals surface area (Å²) in [6.07, 6.45) is -1.88. The van der Waals surface area contributed by atoms with E-state index in [4.69, 9.17) is 9.15 Å². The van der Waals surface area contributed by atoms with Gasteiger partial charge in [-0.25, -0.2) is 4.79 Å². The smallest absolute Gasteiger partial charge is 0.416 e. The van der Waals surface area contributed by atoms with Gasteiger partial charge in [-0.15, -0.1) is 0 Å². The van der Waals surface area contributed by atoms with E-state index in [9.17, 15) is 18.0 Å². The number of furan rings is 1. The fraction of sp³-hybridized carbons (Fsp3) is 0.154. The van der Waals surface area contributed by atoms with Crippen LogP contribution in [-0.2, 0) is 17.6 Å². The van der Waals surface area contributed by atoms with Gasteiger partial charge in [-0.05, 0) is 30.3 Å². The van der Waals surface area contributed by atoms with Crippen molar-refractivity contribution in [3.8, 4) is 5.75 Å². The SMILES string of the molecule is O=C=Nc1cc(C(F)(F)F)ccc1OCc1ccco1. The maximum absolute atomic E-state index is 12.6. The predicted molar refractivity (Wildman–Crippen MR) is 62.3 cm³/mol. The van der Waals surface area contributed by atoms with Crippen LogP contribution in [-0.4, -0.2) is 6.08 Å². The largest absolute Gasteiger partial charge is 0.483 e. The second kappa shape index (κ2) is 5.63. The Morgan fingerprint density at radius 3 is 2.70 bits per heavy atom. The van der Waals surface area contributed by atoms with E-state index >= 15 is 0 Å². The molecule has 2 rings (SSSR count). The van der Waals surface area contributed by atoms with Crippen LogP contribution in [0, 0.1) is 0 Å². The van der Waals surface area contributed by atoms with Gasteiger partial charge in [0.15, 0.2) is 0 Å². The van der Waals surface area contributed by atoms with Gasteiger partial charge in [-0.3, -0.25) is 0 Å². The molecule has 0 atom stereocenters. The number of alkyl halides is 3.